The Labute approximate surface area is 356 Å². The van der Waals surface area contributed by atoms with E-state index in [1.807, 2.05) is 0 Å². The third kappa shape index (κ3) is 6.60. The van der Waals surface area contributed by atoms with Crippen LogP contribution in [-0.2, 0) is 0 Å². The molecule has 0 radical (unpaired) electrons. The molecule has 14 heteroatoms. The molecular formula is C49H30N4O10. The average molecular weight is 835 g/mol. The first-order valence-corrected chi connectivity index (χ1v) is 19.1. The average Bonchev–Trinajstić information content (AvgIpc) is 3.68. The molecule has 7 N–H and O–H groups in total. The second-order valence-electron chi connectivity index (χ2n) is 14.8. The number of nitrogens with two attached hydrogens (primary N) is 2. The first-order chi connectivity index (χ1) is 30.2. The minimum Gasteiger partial charge on any atom is -0.478 e. The molecule has 0 fully saturated rings. The number of imide groups is 2. The van der Waals surface area contributed by atoms with E-state index in [0.29, 0.717) is 33.0 Å². The maximum Gasteiger partial charge on any atom is 0.337 e. The Kier molecular flexibility index (Phi) is 9.25. The van der Waals surface area contributed by atoms with Crippen molar-refractivity contribution in [3.63, 3.8) is 0 Å². The van der Waals surface area contributed by atoms with E-state index in [1.165, 1.54) is 54.6 Å². The van der Waals surface area contributed by atoms with Crippen molar-refractivity contribution in [3.05, 3.63) is 178 Å². The third-order valence-electron chi connectivity index (χ3n) is 11.1. The normalized spacial score (nSPS) is 13.0. The molecule has 0 bridgehead atoms. The first kappa shape index (κ1) is 39.3. The van der Waals surface area contributed by atoms with Gasteiger partial charge < -0.3 is 26.8 Å². The number of benzene rings is 7. The Bertz CT molecular complexity index is 3200. The summed E-state index contributed by atoms with van der Waals surface area (Å²) in [4.78, 5) is 94.5. The topological polar surface area (TPSA) is 239 Å². The maximum absolute atomic E-state index is 13.8. The van der Waals surface area contributed by atoms with Crippen molar-refractivity contribution in [3.8, 4) is 44.5 Å². The second-order valence-corrected chi connectivity index (χ2v) is 14.8. The largest absolute Gasteiger partial charge is 0.478 e. The summed E-state index contributed by atoms with van der Waals surface area (Å²) < 4.78 is 0. The molecule has 7 aromatic carbocycles. The van der Waals surface area contributed by atoms with E-state index < -0.39 is 58.4 Å². The van der Waals surface area contributed by atoms with Crippen molar-refractivity contribution in [1.29, 1.82) is 0 Å². The number of carboxylic acids is 3. The molecular weight excluding hydrogens is 805 g/mol. The van der Waals surface area contributed by atoms with Gasteiger partial charge in [0.15, 0.2) is 0 Å². The lowest BCUT2D eigenvalue weighted by atomic mass is 9.91. The van der Waals surface area contributed by atoms with Crippen molar-refractivity contribution in [2.75, 3.05) is 21.3 Å². The van der Waals surface area contributed by atoms with Gasteiger partial charge in [-0.3, -0.25) is 19.2 Å². The summed E-state index contributed by atoms with van der Waals surface area (Å²) in [6, 6.07) is 35.3. The van der Waals surface area contributed by atoms with Crippen LogP contribution in [-0.4, -0.2) is 56.9 Å². The van der Waals surface area contributed by atoms with Crippen molar-refractivity contribution in [2.24, 2.45) is 0 Å². The monoisotopic (exact) mass is 834 g/mol. The molecule has 4 amide bonds. The lowest BCUT2D eigenvalue weighted by molar-refractivity contribution is 0.0681. The van der Waals surface area contributed by atoms with Crippen LogP contribution in [0.3, 0.4) is 0 Å². The number of amides is 4. The summed E-state index contributed by atoms with van der Waals surface area (Å²) >= 11 is 0. The first-order valence-electron chi connectivity index (χ1n) is 19.1. The van der Waals surface area contributed by atoms with Gasteiger partial charge in [-0.2, -0.15) is 0 Å². The summed E-state index contributed by atoms with van der Waals surface area (Å²) in [5.74, 6) is -7.33. The highest BCUT2D eigenvalue weighted by atomic mass is 16.4. The van der Waals surface area contributed by atoms with E-state index in [2.05, 4.69) is 0 Å². The van der Waals surface area contributed by atoms with Crippen molar-refractivity contribution < 1.29 is 48.9 Å². The quantitative estimate of drug-likeness (QED) is 0.0683. The summed E-state index contributed by atoms with van der Waals surface area (Å²) in [7, 11) is 0. The van der Waals surface area contributed by atoms with Gasteiger partial charge in [-0.25, -0.2) is 24.2 Å². The zero-order valence-corrected chi connectivity index (χ0v) is 32.5. The molecule has 0 aromatic heterocycles. The zero-order valence-electron chi connectivity index (χ0n) is 32.5. The van der Waals surface area contributed by atoms with Crippen LogP contribution in [0.1, 0.15) is 72.5 Å². The molecule has 9 rings (SSSR count). The minimum atomic E-state index is -1.59. The highest BCUT2D eigenvalue weighted by Gasteiger charge is 2.40. The third-order valence-corrected chi connectivity index (χ3v) is 11.1. The molecule has 2 aliphatic heterocycles. The molecule has 14 nitrogen and oxygen atoms in total. The SMILES string of the molecule is Nc1ccc(-c2ccc3c(c2)C(=O)N(c2ccc(-c4ccc(-c5cc(C(=O)O)c(N6C(=O)c7ccc(-c8ccc(N)cc8)cc7C6=O)cc5C(=O)O)cc4C(=O)O)cc2)C3=O)cc1. The van der Waals surface area contributed by atoms with Gasteiger partial charge in [-0.05, 0) is 123 Å². The fourth-order valence-electron chi connectivity index (χ4n) is 7.94. The molecule has 0 spiro atoms. The van der Waals surface area contributed by atoms with Crippen molar-refractivity contribution >= 4 is 64.3 Å². The fourth-order valence-corrected chi connectivity index (χ4v) is 7.94. The molecule has 0 unspecified atom stereocenters. The molecule has 2 heterocycles. The number of aromatic carboxylic acids is 3. The second kappa shape index (κ2) is 14.8. The Balaban J connectivity index is 1.03. The number of hydrogen-bond acceptors (Lipinski definition) is 9. The van der Waals surface area contributed by atoms with Gasteiger partial charge in [-0.15, -0.1) is 0 Å². The van der Waals surface area contributed by atoms with Gasteiger partial charge in [0.25, 0.3) is 23.6 Å². The molecule has 0 saturated carbocycles. The standard InChI is InChI=1S/C49H30N4O10/c50-30-10-1-24(2-11-30)27-7-17-34-37(19-27)45(56)52(43(34)54)32-14-5-26(6-15-32)33-16-9-29(21-39(33)47(58)59)36-22-41(49(62)63)42(23-40(36)48(60)61)53-44(55)35-18-8-28(20-38(35)46(53)57)25-3-12-31(51)13-4-25/h1-23H,50-51H2,(H,58,59)(H,60,61)(H,62,63). The smallest absolute Gasteiger partial charge is 0.337 e. The van der Waals surface area contributed by atoms with E-state index in [0.717, 1.165) is 28.2 Å². The lowest BCUT2D eigenvalue weighted by Crippen LogP contribution is -2.31. The number of anilines is 4. The number of nitrogens with zero attached hydrogens (tertiary/aromatic N) is 2. The summed E-state index contributed by atoms with van der Waals surface area (Å²) in [5.41, 5.74) is 14.7. The van der Waals surface area contributed by atoms with Gasteiger partial charge in [0, 0.05) is 11.4 Å². The van der Waals surface area contributed by atoms with Gasteiger partial charge in [0.1, 0.15) is 0 Å². The van der Waals surface area contributed by atoms with Crippen LogP contribution in [0, 0.1) is 0 Å². The van der Waals surface area contributed by atoms with Gasteiger partial charge in [-0.1, -0.05) is 60.7 Å². The number of carbonyl (C=O) groups is 7. The molecule has 0 saturated heterocycles. The highest BCUT2D eigenvalue weighted by molar-refractivity contribution is 6.36. The maximum atomic E-state index is 13.8. The van der Waals surface area contributed by atoms with E-state index in [9.17, 15) is 48.9 Å². The Morgan fingerprint density at radius 2 is 0.746 bits per heavy atom. The summed E-state index contributed by atoms with van der Waals surface area (Å²) in [5, 5.41) is 31.1. The van der Waals surface area contributed by atoms with Crippen LogP contribution in [0.15, 0.2) is 140 Å². The molecule has 0 aliphatic carbocycles. The number of nitrogen functional groups attached to an aromatic ring is 2. The van der Waals surface area contributed by atoms with Gasteiger partial charge in [0.05, 0.1) is 50.3 Å². The summed E-state index contributed by atoms with van der Waals surface area (Å²) in [6.45, 7) is 0. The predicted molar refractivity (Wildman–Crippen MR) is 233 cm³/mol. The fraction of sp³-hybridized carbons (Fsp3) is 0. The number of carbonyl (C=O) groups excluding carboxylic acids is 4. The predicted octanol–water partition coefficient (Wildman–Crippen LogP) is 8.21. The van der Waals surface area contributed by atoms with Crippen molar-refractivity contribution in [2.45, 2.75) is 0 Å². The molecule has 0 atom stereocenters. The van der Waals surface area contributed by atoms with E-state index in [4.69, 9.17) is 11.5 Å². The Morgan fingerprint density at radius 3 is 1.25 bits per heavy atom. The molecule has 63 heavy (non-hydrogen) atoms. The van der Waals surface area contributed by atoms with Crippen LogP contribution in [0.4, 0.5) is 22.7 Å². The zero-order chi connectivity index (χ0) is 44.4. The van der Waals surface area contributed by atoms with E-state index in [-0.39, 0.29) is 50.2 Å². The number of rotatable bonds is 9. The molecule has 2 aliphatic rings. The molecule has 306 valence electrons. The Hall–Kier alpha value is -9.17. The van der Waals surface area contributed by atoms with Crippen LogP contribution in [0.5, 0.6) is 0 Å². The van der Waals surface area contributed by atoms with E-state index in [1.54, 1.807) is 72.8 Å². The number of fused-ring (bicyclic) bond motifs is 2. The lowest BCUT2D eigenvalue weighted by Gasteiger charge is -2.20. The highest BCUT2D eigenvalue weighted by Crippen LogP contribution is 2.40. The van der Waals surface area contributed by atoms with Crippen molar-refractivity contribution in [1.82, 2.24) is 0 Å². The van der Waals surface area contributed by atoms with Gasteiger partial charge in [0.2, 0.25) is 0 Å². The summed E-state index contributed by atoms with van der Waals surface area (Å²) in [6.07, 6.45) is 0. The van der Waals surface area contributed by atoms with Crippen LogP contribution < -0.4 is 21.3 Å². The molecule has 7 aromatic rings. The van der Waals surface area contributed by atoms with E-state index >= 15 is 0 Å². The Morgan fingerprint density at radius 1 is 0.349 bits per heavy atom. The number of hydrogen-bond donors (Lipinski definition) is 5. The van der Waals surface area contributed by atoms with Crippen LogP contribution >= 0.6 is 0 Å². The van der Waals surface area contributed by atoms with Crippen LogP contribution in [0.25, 0.3) is 44.5 Å². The minimum absolute atomic E-state index is 0.0130. The van der Waals surface area contributed by atoms with Crippen LogP contribution in [0.2, 0.25) is 0 Å². The number of carboxylic acid groups (broad SMARTS) is 3. The van der Waals surface area contributed by atoms with Gasteiger partial charge >= 0.3 is 17.9 Å².